The van der Waals surface area contributed by atoms with Gasteiger partial charge in [0.05, 0.1) is 29.6 Å². The van der Waals surface area contributed by atoms with Crippen LogP contribution in [0.2, 0.25) is 5.02 Å². The molecule has 3 heterocycles. The van der Waals surface area contributed by atoms with E-state index in [4.69, 9.17) is 11.6 Å². The minimum absolute atomic E-state index is 0.212. The molecule has 32 heavy (non-hydrogen) atoms. The minimum Gasteiger partial charge on any atom is -0.383 e. The number of hydrogen-bond acceptors (Lipinski definition) is 4. The SMILES string of the molecule is CC(C)[C@@H](O)C(=O)N[C@@H]1CN(C(=O)c2cccn3cncc23)C[C@H]1c1cc(F)cc(Cl)c1. The topological polar surface area (TPSA) is 86.9 Å². The Labute approximate surface area is 189 Å². The van der Waals surface area contributed by atoms with E-state index in [0.717, 1.165) is 0 Å². The Bertz CT molecular complexity index is 1140. The third kappa shape index (κ3) is 4.33. The molecule has 9 heteroatoms. The number of aliphatic hydroxyl groups is 1. The van der Waals surface area contributed by atoms with Crippen molar-refractivity contribution in [2.75, 3.05) is 13.1 Å². The van der Waals surface area contributed by atoms with Gasteiger partial charge in [-0.15, -0.1) is 0 Å². The van der Waals surface area contributed by atoms with Crippen LogP contribution in [0, 0.1) is 11.7 Å². The molecule has 0 radical (unpaired) electrons. The number of likely N-dealkylation sites (tertiary alicyclic amines) is 1. The lowest BCUT2D eigenvalue weighted by atomic mass is 9.93. The Balaban J connectivity index is 1.65. The van der Waals surface area contributed by atoms with Gasteiger partial charge in [-0.1, -0.05) is 25.4 Å². The fourth-order valence-electron chi connectivity index (χ4n) is 4.11. The molecule has 168 valence electrons. The molecule has 3 atom stereocenters. The molecule has 2 amide bonds. The van der Waals surface area contributed by atoms with Crippen molar-refractivity contribution in [1.82, 2.24) is 19.6 Å². The van der Waals surface area contributed by atoms with Gasteiger partial charge in [-0.05, 0) is 41.8 Å². The number of imidazole rings is 1. The summed E-state index contributed by atoms with van der Waals surface area (Å²) in [6.07, 6.45) is 3.85. The van der Waals surface area contributed by atoms with Crippen LogP contribution >= 0.6 is 11.6 Å². The zero-order valence-electron chi connectivity index (χ0n) is 17.7. The maximum Gasteiger partial charge on any atom is 0.256 e. The quantitative estimate of drug-likeness (QED) is 0.615. The maximum absolute atomic E-state index is 14.1. The number of carbonyl (C=O) groups is 2. The highest BCUT2D eigenvalue weighted by molar-refractivity contribution is 6.30. The van der Waals surface area contributed by atoms with Gasteiger partial charge in [0.2, 0.25) is 5.91 Å². The van der Waals surface area contributed by atoms with E-state index in [1.165, 1.54) is 12.1 Å². The number of rotatable bonds is 5. The molecular weight excluding hydrogens is 435 g/mol. The van der Waals surface area contributed by atoms with Gasteiger partial charge < -0.3 is 19.7 Å². The van der Waals surface area contributed by atoms with Gasteiger partial charge in [-0.2, -0.15) is 0 Å². The Hall–Kier alpha value is -2.97. The van der Waals surface area contributed by atoms with Gasteiger partial charge in [0.1, 0.15) is 11.9 Å². The molecule has 2 aromatic heterocycles. The molecule has 1 saturated heterocycles. The molecule has 2 N–H and O–H groups in total. The van der Waals surface area contributed by atoms with Crippen LogP contribution in [0.1, 0.15) is 35.7 Å². The highest BCUT2D eigenvalue weighted by Gasteiger charge is 2.39. The van der Waals surface area contributed by atoms with E-state index in [9.17, 15) is 19.1 Å². The molecule has 1 aliphatic heterocycles. The average molecular weight is 459 g/mol. The van der Waals surface area contributed by atoms with Crippen molar-refractivity contribution in [2.45, 2.75) is 31.9 Å². The smallest absolute Gasteiger partial charge is 0.256 e. The van der Waals surface area contributed by atoms with Crippen molar-refractivity contribution >= 4 is 28.9 Å². The molecule has 0 unspecified atom stereocenters. The highest BCUT2D eigenvalue weighted by atomic mass is 35.5. The molecule has 4 rings (SSSR count). The first-order valence-electron chi connectivity index (χ1n) is 10.4. The lowest BCUT2D eigenvalue weighted by Gasteiger charge is -2.23. The van der Waals surface area contributed by atoms with Crippen LogP contribution in [0.4, 0.5) is 4.39 Å². The van der Waals surface area contributed by atoms with Crippen molar-refractivity contribution in [3.63, 3.8) is 0 Å². The lowest BCUT2D eigenvalue weighted by molar-refractivity contribution is -0.132. The molecule has 0 saturated carbocycles. The number of nitrogens with zero attached hydrogens (tertiary/aromatic N) is 3. The number of nitrogens with one attached hydrogen (secondary N) is 1. The van der Waals surface area contributed by atoms with Crippen LogP contribution in [0.5, 0.6) is 0 Å². The van der Waals surface area contributed by atoms with Crippen molar-refractivity contribution in [1.29, 1.82) is 0 Å². The summed E-state index contributed by atoms with van der Waals surface area (Å²) >= 11 is 6.06. The average Bonchev–Trinajstić information content (AvgIpc) is 3.38. The van der Waals surface area contributed by atoms with Crippen molar-refractivity contribution < 1.29 is 19.1 Å². The second-order valence-electron chi connectivity index (χ2n) is 8.43. The van der Waals surface area contributed by atoms with E-state index >= 15 is 0 Å². The zero-order chi connectivity index (χ0) is 23.0. The fourth-order valence-corrected chi connectivity index (χ4v) is 4.34. The van der Waals surface area contributed by atoms with Crippen molar-refractivity contribution in [2.24, 2.45) is 5.92 Å². The summed E-state index contributed by atoms with van der Waals surface area (Å²) in [6, 6.07) is 7.18. The summed E-state index contributed by atoms with van der Waals surface area (Å²) in [5.74, 6) is -1.89. The van der Waals surface area contributed by atoms with E-state index in [0.29, 0.717) is 16.6 Å². The fraction of sp³-hybridized carbons (Fsp3) is 0.348. The summed E-state index contributed by atoms with van der Waals surface area (Å²) in [7, 11) is 0. The monoisotopic (exact) mass is 458 g/mol. The summed E-state index contributed by atoms with van der Waals surface area (Å²) in [6.45, 7) is 3.95. The van der Waals surface area contributed by atoms with Crippen LogP contribution in [0.15, 0.2) is 49.1 Å². The van der Waals surface area contributed by atoms with Crippen molar-refractivity contribution in [3.05, 3.63) is 71.0 Å². The Morgan fingerprint density at radius 3 is 2.78 bits per heavy atom. The van der Waals surface area contributed by atoms with Crippen LogP contribution in [0.3, 0.4) is 0 Å². The molecule has 7 nitrogen and oxygen atoms in total. The Kier molecular flexibility index (Phi) is 6.17. The molecule has 0 aliphatic carbocycles. The molecule has 0 spiro atoms. The molecule has 3 aromatic rings. The van der Waals surface area contributed by atoms with Crippen LogP contribution in [-0.2, 0) is 4.79 Å². The number of benzene rings is 1. The first-order valence-corrected chi connectivity index (χ1v) is 10.8. The van der Waals surface area contributed by atoms with Gasteiger partial charge in [0.25, 0.3) is 5.91 Å². The molecule has 0 bridgehead atoms. The summed E-state index contributed by atoms with van der Waals surface area (Å²) in [4.78, 5) is 31.6. The van der Waals surface area contributed by atoms with Crippen LogP contribution in [-0.4, -0.2) is 56.4 Å². The Morgan fingerprint density at radius 2 is 2.06 bits per heavy atom. The second kappa shape index (κ2) is 8.88. The Morgan fingerprint density at radius 1 is 1.28 bits per heavy atom. The highest BCUT2D eigenvalue weighted by Crippen LogP contribution is 2.31. The van der Waals surface area contributed by atoms with E-state index in [2.05, 4.69) is 10.3 Å². The van der Waals surface area contributed by atoms with Gasteiger partial charge in [0, 0.05) is 30.2 Å². The number of hydrogen-bond donors (Lipinski definition) is 2. The first kappa shape index (κ1) is 22.2. The number of halogens is 2. The van der Waals surface area contributed by atoms with Crippen LogP contribution in [0.25, 0.3) is 5.52 Å². The van der Waals surface area contributed by atoms with Gasteiger partial charge >= 0.3 is 0 Å². The van der Waals surface area contributed by atoms with Crippen LogP contribution < -0.4 is 5.32 Å². The number of pyridine rings is 1. The second-order valence-corrected chi connectivity index (χ2v) is 8.87. The number of amides is 2. The van der Waals surface area contributed by atoms with E-state index in [1.807, 2.05) is 0 Å². The molecular formula is C23H24ClFN4O3. The van der Waals surface area contributed by atoms with Crippen molar-refractivity contribution in [3.8, 4) is 0 Å². The van der Waals surface area contributed by atoms with Gasteiger partial charge in [0.15, 0.2) is 0 Å². The largest absolute Gasteiger partial charge is 0.383 e. The molecule has 1 aromatic carbocycles. The first-order chi connectivity index (χ1) is 15.2. The predicted octanol–water partition coefficient (Wildman–Crippen LogP) is 2.87. The minimum atomic E-state index is -1.18. The number of carbonyl (C=O) groups excluding carboxylic acids is 2. The van der Waals surface area contributed by atoms with E-state index in [1.54, 1.807) is 60.1 Å². The lowest BCUT2D eigenvalue weighted by Crippen LogP contribution is -2.46. The maximum atomic E-state index is 14.1. The number of fused-ring (bicyclic) bond motifs is 1. The van der Waals surface area contributed by atoms with Gasteiger partial charge in [-0.25, -0.2) is 9.37 Å². The normalized spacial score (nSPS) is 19.5. The zero-order valence-corrected chi connectivity index (χ0v) is 18.5. The summed E-state index contributed by atoms with van der Waals surface area (Å²) < 4.78 is 15.8. The third-order valence-corrected chi connectivity index (χ3v) is 6.05. The summed E-state index contributed by atoms with van der Waals surface area (Å²) in [5, 5.41) is 13.3. The predicted molar refractivity (Wildman–Crippen MR) is 118 cm³/mol. The number of aliphatic hydroxyl groups excluding tert-OH is 1. The third-order valence-electron chi connectivity index (χ3n) is 5.83. The summed E-state index contributed by atoms with van der Waals surface area (Å²) in [5.41, 5.74) is 1.73. The van der Waals surface area contributed by atoms with Gasteiger partial charge in [-0.3, -0.25) is 9.59 Å². The van der Waals surface area contributed by atoms with E-state index in [-0.39, 0.29) is 35.9 Å². The number of aromatic nitrogens is 2. The molecule has 1 aliphatic rings. The van der Waals surface area contributed by atoms with E-state index < -0.39 is 23.9 Å². The molecule has 1 fully saturated rings. The standard InChI is InChI=1S/C23H24ClFN4O3/c1-13(2)21(30)22(31)27-19-11-29(10-18(19)14-6-15(24)8-16(25)7-14)23(32)17-4-3-5-28-12-26-9-20(17)28/h3-9,12-13,18-19,21,30H,10-11H2,1-2H3,(H,27,31)/t18-,19+,21+/m0/s1.